The van der Waals surface area contributed by atoms with Gasteiger partial charge >= 0.3 is 0 Å². The molecule has 0 fully saturated rings. The molecule has 0 atom stereocenters. The van der Waals surface area contributed by atoms with Gasteiger partial charge in [-0.15, -0.1) is 0 Å². The van der Waals surface area contributed by atoms with Crippen LogP contribution in [-0.4, -0.2) is 59.2 Å². The van der Waals surface area contributed by atoms with Crippen molar-refractivity contribution >= 4 is 34.1 Å². The van der Waals surface area contributed by atoms with Crippen molar-refractivity contribution in [3.05, 3.63) is 58.6 Å². The highest BCUT2D eigenvalue weighted by Gasteiger charge is 2.25. The van der Waals surface area contributed by atoms with Gasteiger partial charge in [-0.25, -0.2) is 9.67 Å². The highest BCUT2D eigenvalue weighted by atomic mass is 32.1. The fourth-order valence-electron chi connectivity index (χ4n) is 3.86. The SMILES string of the molecule is CNC(=O)CN(C)C(=O)c1nn(-c2nc(-c3cccc(OC)c3)c(C(C)C)s2)c2ccc(C)cc12. The van der Waals surface area contributed by atoms with Gasteiger partial charge in [0.2, 0.25) is 11.0 Å². The molecule has 4 aromatic rings. The molecule has 2 aromatic heterocycles. The summed E-state index contributed by atoms with van der Waals surface area (Å²) in [5, 5.41) is 8.66. The van der Waals surface area contributed by atoms with E-state index in [4.69, 9.17) is 14.8 Å². The smallest absolute Gasteiger partial charge is 0.275 e. The summed E-state index contributed by atoms with van der Waals surface area (Å²) in [5.41, 5.74) is 3.93. The first-order chi connectivity index (χ1) is 16.7. The molecule has 182 valence electrons. The molecule has 2 aromatic carbocycles. The summed E-state index contributed by atoms with van der Waals surface area (Å²) in [6.07, 6.45) is 0. The summed E-state index contributed by atoms with van der Waals surface area (Å²) in [6.45, 7) is 6.19. The summed E-state index contributed by atoms with van der Waals surface area (Å²) in [5.74, 6) is 0.437. The maximum atomic E-state index is 13.3. The Morgan fingerprint density at radius 2 is 1.97 bits per heavy atom. The molecule has 0 saturated carbocycles. The average molecular weight is 492 g/mol. The van der Waals surface area contributed by atoms with Crippen LogP contribution in [-0.2, 0) is 4.79 Å². The number of hydrogen-bond acceptors (Lipinski definition) is 6. The zero-order valence-electron chi connectivity index (χ0n) is 20.7. The van der Waals surface area contributed by atoms with E-state index in [0.29, 0.717) is 10.8 Å². The highest BCUT2D eigenvalue weighted by molar-refractivity contribution is 7.14. The summed E-state index contributed by atoms with van der Waals surface area (Å²) in [4.78, 5) is 32.6. The Labute approximate surface area is 208 Å². The molecular weight excluding hydrogens is 462 g/mol. The Morgan fingerprint density at radius 1 is 1.20 bits per heavy atom. The molecule has 0 unspecified atom stereocenters. The summed E-state index contributed by atoms with van der Waals surface area (Å²) >= 11 is 1.56. The van der Waals surface area contributed by atoms with Gasteiger partial charge in [0.15, 0.2) is 5.69 Å². The number of thiazole rings is 1. The minimum atomic E-state index is -0.323. The topological polar surface area (TPSA) is 89.4 Å². The van der Waals surface area contributed by atoms with Crippen LogP contribution in [0.3, 0.4) is 0 Å². The Hall–Kier alpha value is -3.72. The molecule has 4 rings (SSSR count). The number of benzene rings is 2. The van der Waals surface area contributed by atoms with E-state index in [0.717, 1.165) is 38.4 Å². The second kappa shape index (κ2) is 9.87. The van der Waals surface area contributed by atoms with E-state index < -0.39 is 0 Å². The average Bonchev–Trinajstić information content (AvgIpc) is 3.45. The predicted octanol–water partition coefficient (Wildman–Crippen LogP) is 4.41. The van der Waals surface area contributed by atoms with E-state index in [9.17, 15) is 9.59 Å². The lowest BCUT2D eigenvalue weighted by Gasteiger charge is -2.14. The van der Waals surface area contributed by atoms with E-state index in [1.807, 2.05) is 49.4 Å². The van der Waals surface area contributed by atoms with Crippen molar-refractivity contribution in [2.24, 2.45) is 0 Å². The third-order valence-corrected chi connectivity index (χ3v) is 7.07. The Balaban J connectivity index is 1.86. The van der Waals surface area contributed by atoms with Crippen molar-refractivity contribution in [2.75, 3.05) is 27.7 Å². The van der Waals surface area contributed by atoms with Gasteiger partial charge in [-0.3, -0.25) is 9.59 Å². The maximum Gasteiger partial charge on any atom is 0.275 e. The molecule has 0 aliphatic carbocycles. The van der Waals surface area contributed by atoms with Crippen molar-refractivity contribution in [1.29, 1.82) is 0 Å². The van der Waals surface area contributed by atoms with Gasteiger partial charge in [-0.1, -0.05) is 48.9 Å². The van der Waals surface area contributed by atoms with Crippen LogP contribution in [0.25, 0.3) is 27.3 Å². The minimum absolute atomic E-state index is 0.0513. The number of nitrogens with zero attached hydrogens (tertiary/aromatic N) is 4. The van der Waals surface area contributed by atoms with Gasteiger partial charge < -0.3 is 15.0 Å². The maximum absolute atomic E-state index is 13.3. The third-order valence-electron chi connectivity index (χ3n) is 5.74. The largest absolute Gasteiger partial charge is 0.497 e. The second-order valence-corrected chi connectivity index (χ2v) is 9.72. The zero-order chi connectivity index (χ0) is 25.3. The minimum Gasteiger partial charge on any atom is -0.497 e. The number of carbonyl (C=O) groups is 2. The Kier molecular flexibility index (Phi) is 6.88. The molecule has 1 N–H and O–H groups in total. The van der Waals surface area contributed by atoms with E-state index in [1.165, 1.54) is 4.90 Å². The van der Waals surface area contributed by atoms with Crippen molar-refractivity contribution in [3.8, 4) is 22.1 Å². The molecule has 0 saturated heterocycles. The van der Waals surface area contributed by atoms with Crippen LogP contribution >= 0.6 is 11.3 Å². The van der Waals surface area contributed by atoms with E-state index >= 15 is 0 Å². The van der Waals surface area contributed by atoms with Crippen molar-refractivity contribution in [1.82, 2.24) is 25.0 Å². The molecule has 8 nitrogen and oxygen atoms in total. The number of nitrogens with one attached hydrogen (secondary N) is 1. The van der Waals surface area contributed by atoms with Crippen LogP contribution in [0.15, 0.2) is 42.5 Å². The molecule has 0 radical (unpaired) electrons. The van der Waals surface area contributed by atoms with Crippen LogP contribution in [0.5, 0.6) is 5.75 Å². The number of rotatable bonds is 7. The number of methoxy groups -OCH3 is 1. The van der Waals surface area contributed by atoms with Crippen LogP contribution in [0, 0.1) is 6.92 Å². The predicted molar refractivity (Wildman–Crippen MR) is 139 cm³/mol. The molecular formula is C26H29N5O3S. The highest BCUT2D eigenvalue weighted by Crippen LogP contribution is 2.37. The molecule has 0 aliphatic rings. The number of carbonyl (C=O) groups excluding carboxylic acids is 2. The van der Waals surface area contributed by atoms with E-state index in [1.54, 1.807) is 37.2 Å². The normalized spacial score (nSPS) is 11.2. The van der Waals surface area contributed by atoms with Crippen LogP contribution in [0.2, 0.25) is 0 Å². The Morgan fingerprint density at radius 3 is 2.66 bits per heavy atom. The number of fused-ring (bicyclic) bond motifs is 1. The first kappa shape index (κ1) is 24.4. The van der Waals surface area contributed by atoms with E-state index in [2.05, 4.69) is 19.2 Å². The molecule has 2 amide bonds. The Bertz CT molecular complexity index is 1410. The van der Waals surface area contributed by atoms with Crippen LogP contribution in [0.1, 0.15) is 40.7 Å². The first-order valence-electron chi connectivity index (χ1n) is 11.3. The number of hydrogen-bond donors (Lipinski definition) is 1. The van der Waals surface area contributed by atoms with E-state index in [-0.39, 0.29) is 24.3 Å². The van der Waals surface area contributed by atoms with Gasteiger partial charge in [0.25, 0.3) is 5.91 Å². The van der Waals surface area contributed by atoms with Crippen molar-refractivity contribution < 1.29 is 14.3 Å². The van der Waals surface area contributed by atoms with Crippen molar-refractivity contribution in [3.63, 3.8) is 0 Å². The monoisotopic (exact) mass is 491 g/mol. The first-order valence-corrected chi connectivity index (χ1v) is 12.2. The molecule has 35 heavy (non-hydrogen) atoms. The summed E-state index contributed by atoms with van der Waals surface area (Å²) < 4.78 is 7.14. The number of amides is 2. The van der Waals surface area contributed by atoms with Gasteiger partial charge in [-0.2, -0.15) is 5.10 Å². The standard InChI is InChI=1S/C26H29N5O3S/c1-15(2)24-22(17-8-7-9-18(13-17)34-6)28-26(35-24)31-20-11-10-16(3)12-19(20)23(29-31)25(33)30(5)14-21(32)27-4/h7-13,15H,14H2,1-6H3,(H,27,32). The van der Waals surface area contributed by atoms with Crippen LogP contribution < -0.4 is 10.1 Å². The number of ether oxygens (including phenoxy) is 1. The van der Waals surface area contributed by atoms with Gasteiger partial charge in [-0.05, 0) is 37.1 Å². The molecule has 9 heteroatoms. The fourth-order valence-corrected chi connectivity index (χ4v) is 4.92. The zero-order valence-corrected chi connectivity index (χ0v) is 21.6. The lowest BCUT2D eigenvalue weighted by atomic mass is 10.1. The second-order valence-electron chi connectivity index (χ2n) is 8.71. The van der Waals surface area contributed by atoms with Gasteiger partial charge in [0.05, 0.1) is 24.9 Å². The number of likely N-dealkylation sites (N-methyl/N-ethyl adjacent to an activating group) is 2. The van der Waals surface area contributed by atoms with Crippen LogP contribution in [0.4, 0.5) is 0 Å². The molecule has 0 aliphatic heterocycles. The van der Waals surface area contributed by atoms with Crippen molar-refractivity contribution in [2.45, 2.75) is 26.7 Å². The van der Waals surface area contributed by atoms with Gasteiger partial charge in [0.1, 0.15) is 5.75 Å². The number of aromatic nitrogens is 3. The quantitative estimate of drug-likeness (QED) is 0.414. The molecule has 2 heterocycles. The molecule has 0 spiro atoms. The summed E-state index contributed by atoms with van der Waals surface area (Å²) in [7, 11) is 4.79. The van der Waals surface area contributed by atoms with Gasteiger partial charge in [0, 0.05) is 29.9 Å². The molecule has 0 bridgehead atoms. The summed E-state index contributed by atoms with van der Waals surface area (Å²) in [6, 6.07) is 13.7. The lowest BCUT2D eigenvalue weighted by molar-refractivity contribution is -0.121. The third kappa shape index (κ3) is 4.77. The number of aryl methyl sites for hydroxylation is 1. The lowest BCUT2D eigenvalue weighted by Crippen LogP contribution is -2.37. The fraction of sp³-hybridized carbons (Fsp3) is 0.308.